The van der Waals surface area contributed by atoms with Gasteiger partial charge in [0, 0.05) is 19.1 Å². The summed E-state index contributed by atoms with van der Waals surface area (Å²) in [6, 6.07) is 0.446. The fraction of sp³-hybridized carbons (Fsp3) is 0.923. The van der Waals surface area contributed by atoms with Crippen molar-refractivity contribution >= 4 is 0 Å². The third-order valence-corrected chi connectivity index (χ3v) is 3.68. The molecule has 0 radical (unpaired) electrons. The Labute approximate surface area is 114 Å². The van der Waals surface area contributed by atoms with Crippen LogP contribution in [-0.2, 0) is 18.2 Å². The molecule has 108 valence electrons. The molecule has 6 nitrogen and oxygen atoms in total. The summed E-state index contributed by atoms with van der Waals surface area (Å²) in [5, 5.41) is 15.7. The molecule has 1 N–H and O–H groups in total. The number of hydrogen-bond acceptors (Lipinski definition) is 5. The summed E-state index contributed by atoms with van der Waals surface area (Å²) in [7, 11) is 1.80. The maximum Gasteiger partial charge on any atom is 0.176 e. The summed E-state index contributed by atoms with van der Waals surface area (Å²) >= 11 is 0. The van der Waals surface area contributed by atoms with Crippen LogP contribution in [0.1, 0.15) is 38.9 Å². The Morgan fingerprint density at radius 3 is 2.79 bits per heavy atom. The van der Waals surface area contributed by atoms with Crippen LogP contribution in [0.2, 0.25) is 0 Å². The Kier molecular flexibility index (Phi) is 5.27. The van der Waals surface area contributed by atoms with Crippen molar-refractivity contribution in [2.75, 3.05) is 13.2 Å². The first-order valence-electron chi connectivity index (χ1n) is 7.29. The second-order valence-electron chi connectivity index (χ2n) is 5.30. The Hall–Kier alpha value is -1.01. The maximum absolute atomic E-state index is 5.61. The number of nitrogens with one attached hydrogen (secondary N) is 1. The van der Waals surface area contributed by atoms with Gasteiger partial charge in [0.15, 0.2) is 5.82 Å². The molecule has 0 aliphatic heterocycles. The van der Waals surface area contributed by atoms with Crippen LogP contribution in [0.3, 0.4) is 0 Å². The fourth-order valence-electron chi connectivity index (χ4n) is 2.79. The van der Waals surface area contributed by atoms with Crippen molar-refractivity contribution in [2.24, 2.45) is 13.0 Å². The zero-order valence-electron chi connectivity index (χ0n) is 12.2. The van der Waals surface area contributed by atoms with Crippen molar-refractivity contribution in [2.45, 2.75) is 51.7 Å². The molecule has 0 amide bonds. The molecule has 1 aliphatic rings. The SMILES string of the molecule is CCNC(Cc1nnn(C)n1)CC1CC(OCC)C1. The van der Waals surface area contributed by atoms with Crippen LogP contribution < -0.4 is 5.32 Å². The average molecular weight is 267 g/mol. The molecule has 0 saturated heterocycles. The highest BCUT2D eigenvalue weighted by molar-refractivity contribution is 4.89. The maximum atomic E-state index is 5.61. The lowest BCUT2D eigenvalue weighted by atomic mass is 9.77. The van der Waals surface area contributed by atoms with Crippen LogP contribution in [0, 0.1) is 5.92 Å². The van der Waals surface area contributed by atoms with E-state index in [1.807, 2.05) is 0 Å². The molecule has 0 aromatic carbocycles. The van der Waals surface area contributed by atoms with Crippen molar-refractivity contribution in [1.82, 2.24) is 25.5 Å². The number of tetrazole rings is 1. The highest BCUT2D eigenvalue weighted by Crippen LogP contribution is 2.33. The minimum Gasteiger partial charge on any atom is -0.378 e. The summed E-state index contributed by atoms with van der Waals surface area (Å²) in [5.74, 6) is 1.60. The molecule has 1 aliphatic carbocycles. The molecule has 1 atom stereocenters. The van der Waals surface area contributed by atoms with Gasteiger partial charge in [-0.3, -0.25) is 0 Å². The summed E-state index contributed by atoms with van der Waals surface area (Å²) < 4.78 is 5.61. The number of aryl methyl sites for hydroxylation is 1. The van der Waals surface area contributed by atoms with Gasteiger partial charge >= 0.3 is 0 Å². The Bertz CT molecular complexity index is 375. The fourth-order valence-corrected chi connectivity index (χ4v) is 2.79. The van der Waals surface area contributed by atoms with Crippen molar-refractivity contribution in [1.29, 1.82) is 0 Å². The van der Waals surface area contributed by atoms with E-state index in [0.717, 1.165) is 31.3 Å². The van der Waals surface area contributed by atoms with Crippen molar-refractivity contribution < 1.29 is 4.74 Å². The van der Waals surface area contributed by atoms with E-state index in [2.05, 4.69) is 34.6 Å². The molecule has 1 aromatic heterocycles. The van der Waals surface area contributed by atoms with Crippen LogP contribution in [-0.4, -0.2) is 45.5 Å². The monoisotopic (exact) mass is 267 g/mol. The summed E-state index contributed by atoms with van der Waals surface area (Å²) in [4.78, 5) is 1.52. The first-order chi connectivity index (χ1) is 9.21. The van der Waals surface area contributed by atoms with Crippen LogP contribution in [0.5, 0.6) is 0 Å². The predicted molar refractivity (Wildman–Crippen MR) is 72.7 cm³/mol. The smallest absolute Gasteiger partial charge is 0.176 e. The minimum atomic E-state index is 0.446. The van der Waals surface area contributed by atoms with Gasteiger partial charge < -0.3 is 10.1 Å². The van der Waals surface area contributed by atoms with Gasteiger partial charge in [0.05, 0.1) is 13.2 Å². The lowest BCUT2D eigenvalue weighted by molar-refractivity contribution is -0.0290. The number of aromatic nitrogens is 4. The lowest BCUT2D eigenvalue weighted by Gasteiger charge is -2.37. The Morgan fingerprint density at radius 1 is 1.42 bits per heavy atom. The quantitative estimate of drug-likeness (QED) is 0.759. The number of rotatable bonds is 8. The van der Waals surface area contributed by atoms with E-state index in [0.29, 0.717) is 12.1 Å². The van der Waals surface area contributed by atoms with Gasteiger partial charge in [0.1, 0.15) is 0 Å². The molecule has 1 heterocycles. The van der Waals surface area contributed by atoms with E-state index in [1.165, 1.54) is 24.1 Å². The molecule has 6 heteroatoms. The zero-order valence-corrected chi connectivity index (χ0v) is 12.2. The topological polar surface area (TPSA) is 64.9 Å². The molecule has 19 heavy (non-hydrogen) atoms. The lowest BCUT2D eigenvalue weighted by Crippen LogP contribution is -2.39. The average Bonchev–Trinajstić information content (AvgIpc) is 2.72. The van der Waals surface area contributed by atoms with Gasteiger partial charge in [-0.15, -0.1) is 10.2 Å². The zero-order chi connectivity index (χ0) is 13.7. The standard InChI is InChI=1S/C13H25N5O/c1-4-14-11(9-13-15-17-18(3)16-13)6-10-7-12(8-10)19-5-2/h10-12,14H,4-9H2,1-3H3. The summed E-state index contributed by atoms with van der Waals surface area (Å²) in [6.07, 6.45) is 4.92. The van der Waals surface area contributed by atoms with Crippen molar-refractivity contribution in [3.05, 3.63) is 5.82 Å². The van der Waals surface area contributed by atoms with Crippen molar-refractivity contribution in [3.8, 4) is 0 Å². The second-order valence-corrected chi connectivity index (χ2v) is 5.30. The molecular weight excluding hydrogens is 242 g/mol. The molecule has 1 unspecified atom stereocenters. The highest BCUT2D eigenvalue weighted by atomic mass is 16.5. The Morgan fingerprint density at radius 2 is 2.21 bits per heavy atom. The van der Waals surface area contributed by atoms with E-state index in [1.54, 1.807) is 7.05 Å². The van der Waals surface area contributed by atoms with Crippen LogP contribution >= 0.6 is 0 Å². The molecule has 0 bridgehead atoms. The molecule has 0 spiro atoms. The molecule has 1 saturated carbocycles. The molecular formula is C13H25N5O. The van der Waals surface area contributed by atoms with E-state index < -0.39 is 0 Å². The summed E-state index contributed by atoms with van der Waals surface area (Å²) in [6.45, 7) is 6.01. The van der Waals surface area contributed by atoms with Crippen LogP contribution in [0.25, 0.3) is 0 Å². The van der Waals surface area contributed by atoms with E-state index in [4.69, 9.17) is 4.74 Å². The first kappa shape index (κ1) is 14.4. The van der Waals surface area contributed by atoms with Gasteiger partial charge in [-0.05, 0) is 43.9 Å². The van der Waals surface area contributed by atoms with Crippen LogP contribution in [0.15, 0.2) is 0 Å². The number of hydrogen-bond donors (Lipinski definition) is 1. The van der Waals surface area contributed by atoms with E-state index >= 15 is 0 Å². The third kappa shape index (κ3) is 4.24. The summed E-state index contributed by atoms with van der Waals surface area (Å²) in [5.41, 5.74) is 0. The van der Waals surface area contributed by atoms with E-state index in [-0.39, 0.29) is 0 Å². The number of ether oxygens (including phenoxy) is 1. The first-order valence-corrected chi connectivity index (χ1v) is 7.29. The van der Waals surface area contributed by atoms with Gasteiger partial charge in [0.25, 0.3) is 0 Å². The molecule has 1 aromatic rings. The normalized spacial score (nSPS) is 24.2. The highest BCUT2D eigenvalue weighted by Gasteiger charge is 2.31. The third-order valence-electron chi connectivity index (χ3n) is 3.68. The largest absolute Gasteiger partial charge is 0.378 e. The van der Waals surface area contributed by atoms with Gasteiger partial charge in [-0.1, -0.05) is 6.92 Å². The van der Waals surface area contributed by atoms with Gasteiger partial charge in [-0.25, -0.2) is 0 Å². The Balaban J connectivity index is 1.77. The van der Waals surface area contributed by atoms with Gasteiger partial charge in [-0.2, -0.15) is 4.80 Å². The van der Waals surface area contributed by atoms with Gasteiger partial charge in [0.2, 0.25) is 0 Å². The predicted octanol–water partition coefficient (Wildman–Crippen LogP) is 0.936. The molecule has 2 rings (SSSR count). The number of likely N-dealkylation sites (N-methyl/N-ethyl adjacent to an activating group) is 1. The minimum absolute atomic E-state index is 0.446. The van der Waals surface area contributed by atoms with Crippen molar-refractivity contribution in [3.63, 3.8) is 0 Å². The second kappa shape index (κ2) is 6.96. The van der Waals surface area contributed by atoms with E-state index in [9.17, 15) is 0 Å². The number of nitrogens with zero attached hydrogens (tertiary/aromatic N) is 4. The molecule has 1 fully saturated rings. The van der Waals surface area contributed by atoms with Crippen LogP contribution in [0.4, 0.5) is 0 Å².